The van der Waals surface area contributed by atoms with Gasteiger partial charge in [0.2, 0.25) is 0 Å². The molecule has 60 heavy (non-hydrogen) atoms. The lowest BCUT2D eigenvalue weighted by Crippen LogP contribution is -1.95. The molecule has 12 aromatic rings. The summed E-state index contributed by atoms with van der Waals surface area (Å²) in [5, 5.41) is 18.1. The molecule has 0 fully saturated rings. The third-order valence-electron chi connectivity index (χ3n) is 12.3. The maximum atomic E-state index is 7.55. The molecule has 12 rings (SSSR count). The molecular weight excluding hydrogens is 780 g/mol. The highest BCUT2D eigenvalue weighted by Crippen LogP contribution is 2.50. The van der Waals surface area contributed by atoms with Gasteiger partial charge in [0, 0.05) is 32.3 Å². The first kappa shape index (κ1) is 35.0. The van der Waals surface area contributed by atoms with Crippen LogP contribution >= 0.6 is 23.2 Å². The summed E-state index contributed by atoms with van der Waals surface area (Å²) in [5.41, 5.74) is 5.53. The minimum absolute atomic E-state index is 0.435. The van der Waals surface area contributed by atoms with E-state index < -0.39 is 0 Å². The molecule has 284 valence electrons. The van der Waals surface area contributed by atoms with Gasteiger partial charge in [0.25, 0.3) is 0 Å². The lowest BCUT2D eigenvalue weighted by atomic mass is 9.85. The molecule has 6 heteroatoms. The summed E-state index contributed by atoms with van der Waals surface area (Å²) in [6.07, 6.45) is 0. The van der Waals surface area contributed by atoms with Gasteiger partial charge in [-0.2, -0.15) is 0 Å². The highest BCUT2D eigenvalue weighted by molar-refractivity contribution is 6.46. The molecule has 0 aliphatic rings. The number of fused-ring (bicyclic) bond motifs is 17. The molecular formula is C54H32Cl2N2O2. The van der Waals surface area contributed by atoms with E-state index in [-0.39, 0.29) is 0 Å². The van der Waals surface area contributed by atoms with Crippen molar-refractivity contribution in [1.82, 2.24) is 9.97 Å². The van der Waals surface area contributed by atoms with Gasteiger partial charge in [-0.05, 0) is 119 Å². The van der Waals surface area contributed by atoms with E-state index in [0.717, 1.165) is 104 Å². The van der Waals surface area contributed by atoms with Crippen LogP contribution in [0.2, 0.25) is 10.3 Å². The maximum absolute atomic E-state index is 7.55. The quantitative estimate of drug-likeness (QED) is 0.131. The zero-order valence-electron chi connectivity index (χ0n) is 32.5. The molecule has 0 atom stereocenters. The molecule has 0 radical (unpaired) electrons. The summed E-state index contributed by atoms with van der Waals surface area (Å²) < 4.78 is 11.4. The number of methoxy groups -OCH3 is 2. The van der Waals surface area contributed by atoms with Gasteiger partial charge in [0.1, 0.15) is 21.8 Å². The number of halogens is 2. The standard InChI is InChI=1S/C54H32Cl2N2O2/c1-59-36-11-5-9-33(26-36)39-14-7-15-40-48(39)53(55)57-42-24-22-32-23-25-43-51(46(32)49(40)42)52-47-35(28-41(50(52)54(56)58-43)34-10-6-12-37(27-34)60-2)21-20-31-19-18-30-17-16-29-8-3-4-13-38(29)44(30)45(31)47/h3-28H,1-2H3. The van der Waals surface area contributed by atoms with Gasteiger partial charge in [-0.15, -0.1) is 0 Å². The van der Waals surface area contributed by atoms with Crippen molar-refractivity contribution in [1.29, 1.82) is 0 Å². The van der Waals surface area contributed by atoms with Gasteiger partial charge < -0.3 is 9.47 Å². The predicted octanol–water partition coefficient (Wildman–Crippen LogP) is 15.5. The molecule has 4 nitrogen and oxygen atoms in total. The first-order chi connectivity index (χ1) is 29.5. The number of aromatic nitrogens is 2. The molecule has 0 aliphatic heterocycles. The molecule has 0 spiro atoms. The third-order valence-corrected chi connectivity index (χ3v) is 12.9. The van der Waals surface area contributed by atoms with Crippen molar-refractivity contribution in [2.75, 3.05) is 14.2 Å². The molecule has 0 unspecified atom stereocenters. The SMILES string of the molecule is COc1cccc(-c2cccc3c2c(Cl)nc2ccc4ccc5nc(Cl)c6c(-c7cccc(OC)c7)cc7ccc8ccc9ccc%10ccccc%10c9c8c7c6c5c4c23)c1. The Labute approximate surface area is 354 Å². The summed E-state index contributed by atoms with van der Waals surface area (Å²) in [5.74, 6) is 1.53. The number of hydrogen-bond acceptors (Lipinski definition) is 4. The minimum Gasteiger partial charge on any atom is -0.497 e. The van der Waals surface area contributed by atoms with E-state index in [1.807, 2.05) is 30.3 Å². The van der Waals surface area contributed by atoms with Crippen molar-refractivity contribution < 1.29 is 9.47 Å². The zero-order valence-corrected chi connectivity index (χ0v) is 34.0. The number of ether oxygens (including phenoxy) is 2. The summed E-state index contributed by atoms with van der Waals surface area (Å²) in [7, 11) is 3.38. The van der Waals surface area contributed by atoms with Crippen LogP contribution in [0.15, 0.2) is 158 Å². The number of hydrogen-bond donors (Lipinski definition) is 0. The first-order valence-electron chi connectivity index (χ1n) is 19.8. The van der Waals surface area contributed by atoms with Crippen LogP contribution in [0, 0.1) is 0 Å². The van der Waals surface area contributed by atoms with E-state index in [0.29, 0.717) is 10.3 Å². The largest absolute Gasteiger partial charge is 0.497 e. The van der Waals surface area contributed by atoms with Crippen LogP contribution in [-0.2, 0) is 0 Å². The highest BCUT2D eigenvalue weighted by atomic mass is 35.5. The van der Waals surface area contributed by atoms with E-state index in [1.54, 1.807) is 14.2 Å². The van der Waals surface area contributed by atoms with Crippen molar-refractivity contribution in [3.05, 3.63) is 168 Å². The molecule has 2 aromatic heterocycles. The summed E-state index contributed by atoms with van der Waals surface area (Å²) >= 11 is 14.8. The van der Waals surface area contributed by atoms with Crippen LogP contribution in [0.3, 0.4) is 0 Å². The van der Waals surface area contributed by atoms with E-state index in [9.17, 15) is 0 Å². The summed E-state index contributed by atoms with van der Waals surface area (Å²) in [4.78, 5) is 10.4. The molecule has 0 N–H and O–H groups in total. The average molecular weight is 812 g/mol. The number of benzene rings is 10. The van der Waals surface area contributed by atoms with Crippen molar-refractivity contribution >= 4 is 120 Å². The third kappa shape index (κ3) is 5.05. The van der Waals surface area contributed by atoms with Gasteiger partial charge >= 0.3 is 0 Å². The van der Waals surface area contributed by atoms with Crippen LogP contribution in [0.25, 0.3) is 119 Å². The van der Waals surface area contributed by atoms with E-state index in [1.165, 1.54) is 26.9 Å². The molecule has 0 saturated heterocycles. The molecule has 0 saturated carbocycles. The Bertz CT molecular complexity index is 3830. The first-order valence-corrected chi connectivity index (χ1v) is 20.6. The second-order valence-electron chi connectivity index (χ2n) is 15.4. The Kier molecular flexibility index (Phi) is 7.74. The van der Waals surface area contributed by atoms with Crippen LogP contribution in [0.5, 0.6) is 11.5 Å². The summed E-state index contributed by atoms with van der Waals surface area (Å²) in [6, 6.07) is 55.5. The highest BCUT2D eigenvalue weighted by Gasteiger charge is 2.23. The molecule has 2 heterocycles. The Balaban J connectivity index is 1.38. The Morgan fingerprint density at radius 1 is 0.350 bits per heavy atom. The van der Waals surface area contributed by atoms with Crippen molar-refractivity contribution in [2.45, 2.75) is 0 Å². The maximum Gasteiger partial charge on any atom is 0.138 e. The van der Waals surface area contributed by atoms with Crippen LogP contribution in [0.4, 0.5) is 0 Å². The van der Waals surface area contributed by atoms with Crippen molar-refractivity contribution in [2.24, 2.45) is 0 Å². The molecule has 0 amide bonds. The number of rotatable bonds is 4. The fraction of sp³-hybridized carbons (Fsp3) is 0.0370. The normalized spacial score (nSPS) is 12.0. The van der Waals surface area contributed by atoms with Crippen LogP contribution < -0.4 is 9.47 Å². The minimum atomic E-state index is 0.435. The van der Waals surface area contributed by atoms with Crippen molar-refractivity contribution in [3.63, 3.8) is 0 Å². The van der Waals surface area contributed by atoms with Gasteiger partial charge in [0.15, 0.2) is 0 Å². The molecule has 0 aliphatic carbocycles. The van der Waals surface area contributed by atoms with Gasteiger partial charge in [-0.25, -0.2) is 9.97 Å². The Hall–Kier alpha value is -6.98. The van der Waals surface area contributed by atoms with Crippen molar-refractivity contribution in [3.8, 4) is 33.8 Å². The number of nitrogens with zero attached hydrogens (tertiary/aromatic N) is 2. The van der Waals surface area contributed by atoms with Gasteiger partial charge in [0.05, 0.1) is 25.3 Å². The predicted molar refractivity (Wildman–Crippen MR) is 254 cm³/mol. The molecule has 10 aromatic carbocycles. The lowest BCUT2D eigenvalue weighted by molar-refractivity contribution is 0.415. The fourth-order valence-corrected chi connectivity index (χ4v) is 10.3. The van der Waals surface area contributed by atoms with Crippen LogP contribution in [-0.4, -0.2) is 24.2 Å². The monoisotopic (exact) mass is 810 g/mol. The van der Waals surface area contributed by atoms with Gasteiger partial charge in [-0.3, -0.25) is 0 Å². The second kappa shape index (κ2) is 13.3. The lowest BCUT2D eigenvalue weighted by Gasteiger charge is -2.20. The summed E-state index contributed by atoms with van der Waals surface area (Å²) in [6.45, 7) is 0. The zero-order chi connectivity index (χ0) is 40.2. The van der Waals surface area contributed by atoms with Gasteiger partial charge in [-0.1, -0.05) is 138 Å². The van der Waals surface area contributed by atoms with E-state index in [2.05, 4.69) is 127 Å². The smallest absolute Gasteiger partial charge is 0.138 e. The fourth-order valence-electron chi connectivity index (χ4n) is 9.73. The molecule has 0 bridgehead atoms. The van der Waals surface area contributed by atoms with E-state index in [4.69, 9.17) is 42.6 Å². The average Bonchev–Trinajstić information content (AvgIpc) is 3.30. The number of pyridine rings is 2. The second-order valence-corrected chi connectivity index (χ2v) is 16.1. The topological polar surface area (TPSA) is 44.2 Å². The Morgan fingerprint density at radius 2 is 0.867 bits per heavy atom. The van der Waals surface area contributed by atoms with Crippen LogP contribution in [0.1, 0.15) is 0 Å². The van der Waals surface area contributed by atoms with E-state index >= 15 is 0 Å². The Morgan fingerprint density at radius 3 is 1.57 bits per heavy atom.